The van der Waals surface area contributed by atoms with Crippen molar-refractivity contribution >= 4 is 28.6 Å². The fourth-order valence-electron chi connectivity index (χ4n) is 1.86. The highest BCUT2D eigenvalue weighted by atomic mass is 35.5. The van der Waals surface area contributed by atoms with Crippen molar-refractivity contribution in [3.63, 3.8) is 0 Å². The Hall–Kier alpha value is -1.72. The van der Waals surface area contributed by atoms with Crippen LogP contribution in [0.5, 0.6) is 0 Å². The predicted molar refractivity (Wildman–Crippen MR) is 77.4 cm³/mol. The maximum Gasteiger partial charge on any atom is 0.302 e. The monoisotopic (exact) mass is 293 g/mol. The van der Waals surface area contributed by atoms with E-state index in [1.54, 1.807) is 18.3 Å². The molecule has 2 aromatic rings. The molecular weight excluding hydrogens is 278 g/mol. The summed E-state index contributed by atoms with van der Waals surface area (Å²) in [6, 6.07) is 3.55. The third-order valence-electron chi connectivity index (χ3n) is 2.71. The second kappa shape index (κ2) is 6.15. The first-order valence-corrected chi connectivity index (χ1v) is 6.56. The van der Waals surface area contributed by atoms with Gasteiger partial charge in [0, 0.05) is 24.1 Å². The van der Waals surface area contributed by atoms with Crippen LogP contribution in [0, 0.1) is 0 Å². The highest BCUT2D eigenvalue weighted by Crippen LogP contribution is 2.24. The Labute approximate surface area is 122 Å². The van der Waals surface area contributed by atoms with Crippen LogP contribution in [-0.2, 0) is 22.7 Å². The molecule has 0 amide bonds. The lowest BCUT2D eigenvalue weighted by Crippen LogP contribution is -2.12. The molecule has 0 bridgehead atoms. The summed E-state index contributed by atoms with van der Waals surface area (Å²) in [7, 11) is 3.92. The SMILES string of the molecule is CC(=O)OCc1c(Cl)ccc2ncc(CN(C)C)nc12. The zero-order valence-corrected chi connectivity index (χ0v) is 12.4. The van der Waals surface area contributed by atoms with Crippen LogP contribution in [0.1, 0.15) is 18.2 Å². The number of carbonyl (C=O) groups is 1. The van der Waals surface area contributed by atoms with E-state index in [9.17, 15) is 4.79 Å². The summed E-state index contributed by atoms with van der Waals surface area (Å²) in [5.41, 5.74) is 2.94. The molecule has 6 heteroatoms. The van der Waals surface area contributed by atoms with Crippen LogP contribution in [0.2, 0.25) is 5.02 Å². The Morgan fingerprint density at radius 2 is 2.15 bits per heavy atom. The Morgan fingerprint density at radius 1 is 1.40 bits per heavy atom. The van der Waals surface area contributed by atoms with Gasteiger partial charge in [0.2, 0.25) is 0 Å². The molecule has 0 atom stereocenters. The van der Waals surface area contributed by atoms with Gasteiger partial charge in [-0.15, -0.1) is 0 Å². The van der Waals surface area contributed by atoms with E-state index >= 15 is 0 Å². The molecule has 20 heavy (non-hydrogen) atoms. The minimum absolute atomic E-state index is 0.103. The van der Waals surface area contributed by atoms with Gasteiger partial charge in [0.05, 0.1) is 22.9 Å². The first-order chi connectivity index (χ1) is 9.47. The molecule has 5 nitrogen and oxygen atoms in total. The largest absolute Gasteiger partial charge is 0.461 e. The molecule has 0 unspecified atom stereocenters. The number of fused-ring (bicyclic) bond motifs is 1. The van der Waals surface area contributed by atoms with Gasteiger partial charge >= 0.3 is 5.97 Å². The molecule has 0 fully saturated rings. The summed E-state index contributed by atoms with van der Waals surface area (Å²) in [6.07, 6.45) is 1.74. The fraction of sp³-hybridized carbons (Fsp3) is 0.357. The van der Waals surface area contributed by atoms with Gasteiger partial charge in [-0.25, -0.2) is 4.98 Å². The summed E-state index contributed by atoms with van der Waals surface area (Å²) >= 11 is 6.18. The van der Waals surface area contributed by atoms with Gasteiger partial charge in [-0.3, -0.25) is 9.78 Å². The van der Waals surface area contributed by atoms with Gasteiger partial charge in [0.15, 0.2) is 0 Å². The normalized spacial score (nSPS) is 11.1. The molecule has 2 rings (SSSR count). The van der Waals surface area contributed by atoms with Crippen LogP contribution in [-0.4, -0.2) is 34.9 Å². The van der Waals surface area contributed by atoms with Crippen molar-refractivity contribution in [3.8, 4) is 0 Å². The van der Waals surface area contributed by atoms with Gasteiger partial charge < -0.3 is 9.64 Å². The summed E-state index contributed by atoms with van der Waals surface area (Å²) in [5, 5.41) is 0.523. The van der Waals surface area contributed by atoms with Crippen LogP contribution >= 0.6 is 11.6 Å². The molecule has 0 saturated carbocycles. The lowest BCUT2D eigenvalue weighted by atomic mass is 10.1. The molecule has 0 radical (unpaired) electrons. The molecule has 0 saturated heterocycles. The van der Waals surface area contributed by atoms with E-state index in [1.807, 2.05) is 19.0 Å². The summed E-state index contributed by atoms with van der Waals surface area (Å²) in [5.74, 6) is -0.351. The lowest BCUT2D eigenvalue weighted by molar-refractivity contribution is -0.142. The number of ether oxygens (including phenoxy) is 1. The van der Waals surface area contributed by atoms with Crippen LogP contribution in [0.3, 0.4) is 0 Å². The first kappa shape index (κ1) is 14.7. The molecular formula is C14H16ClN3O2. The highest BCUT2D eigenvalue weighted by Gasteiger charge is 2.11. The lowest BCUT2D eigenvalue weighted by Gasteiger charge is -2.11. The third-order valence-corrected chi connectivity index (χ3v) is 3.06. The van der Waals surface area contributed by atoms with E-state index in [0.717, 1.165) is 11.2 Å². The van der Waals surface area contributed by atoms with Crippen molar-refractivity contribution < 1.29 is 9.53 Å². The number of hydrogen-bond donors (Lipinski definition) is 0. The number of benzene rings is 1. The minimum Gasteiger partial charge on any atom is -0.461 e. The molecule has 0 N–H and O–H groups in total. The van der Waals surface area contributed by atoms with Gasteiger partial charge in [0.25, 0.3) is 0 Å². The third kappa shape index (κ3) is 3.43. The Bertz CT molecular complexity index is 644. The van der Waals surface area contributed by atoms with E-state index in [0.29, 0.717) is 22.6 Å². The van der Waals surface area contributed by atoms with E-state index in [2.05, 4.69) is 9.97 Å². The van der Waals surface area contributed by atoms with Gasteiger partial charge in [-0.1, -0.05) is 11.6 Å². The molecule has 0 aliphatic heterocycles. The Balaban J connectivity index is 2.46. The number of rotatable bonds is 4. The average molecular weight is 294 g/mol. The molecule has 0 aliphatic carbocycles. The maximum absolute atomic E-state index is 11.0. The van der Waals surface area contributed by atoms with Crippen LogP contribution in [0.25, 0.3) is 11.0 Å². The standard InChI is InChI=1S/C14H16ClN3O2/c1-9(19)20-8-11-12(15)4-5-13-14(11)17-10(6-16-13)7-18(2)3/h4-6H,7-8H2,1-3H3. The smallest absolute Gasteiger partial charge is 0.302 e. The first-order valence-electron chi connectivity index (χ1n) is 6.18. The van der Waals surface area contributed by atoms with Crippen LogP contribution in [0.4, 0.5) is 0 Å². The molecule has 0 aliphatic rings. The molecule has 1 heterocycles. The summed E-state index contributed by atoms with van der Waals surface area (Å²) in [4.78, 5) is 21.9. The number of nitrogens with zero attached hydrogens (tertiary/aromatic N) is 3. The zero-order valence-electron chi connectivity index (χ0n) is 11.7. The van der Waals surface area contributed by atoms with Gasteiger partial charge in [-0.2, -0.15) is 0 Å². The van der Waals surface area contributed by atoms with Crippen LogP contribution in [0.15, 0.2) is 18.3 Å². The van der Waals surface area contributed by atoms with E-state index in [4.69, 9.17) is 16.3 Å². The zero-order chi connectivity index (χ0) is 14.7. The number of halogens is 1. The summed E-state index contributed by atoms with van der Waals surface area (Å²) in [6.45, 7) is 2.15. The summed E-state index contributed by atoms with van der Waals surface area (Å²) < 4.78 is 5.04. The van der Waals surface area contributed by atoms with E-state index in [1.165, 1.54) is 6.92 Å². The van der Waals surface area contributed by atoms with E-state index in [-0.39, 0.29) is 12.6 Å². The van der Waals surface area contributed by atoms with Crippen molar-refractivity contribution in [1.29, 1.82) is 0 Å². The van der Waals surface area contributed by atoms with Crippen molar-refractivity contribution in [2.75, 3.05) is 14.1 Å². The minimum atomic E-state index is -0.351. The average Bonchev–Trinajstić information content (AvgIpc) is 2.36. The molecule has 1 aromatic carbocycles. The molecule has 106 valence electrons. The maximum atomic E-state index is 11.0. The predicted octanol–water partition coefficient (Wildman–Crippen LogP) is 2.41. The fourth-order valence-corrected chi connectivity index (χ4v) is 2.06. The number of aromatic nitrogens is 2. The van der Waals surface area contributed by atoms with Crippen molar-refractivity contribution in [3.05, 3.63) is 34.6 Å². The van der Waals surface area contributed by atoms with Gasteiger partial charge in [-0.05, 0) is 26.2 Å². The van der Waals surface area contributed by atoms with E-state index < -0.39 is 0 Å². The second-order valence-electron chi connectivity index (χ2n) is 4.77. The number of carbonyl (C=O) groups excluding carboxylic acids is 1. The number of esters is 1. The topological polar surface area (TPSA) is 55.3 Å². The van der Waals surface area contributed by atoms with Crippen molar-refractivity contribution in [2.24, 2.45) is 0 Å². The second-order valence-corrected chi connectivity index (χ2v) is 5.18. The van der Waals surface area contributed by atoms with Crippen molar-refractivity contribution in [1.82, 2.24) is 14.9 Å². The van der Waals surface area contributed by atoms with Gasteiger partial charge in [0.1, 0.15) is 6.61 Å². The Morgan fingerprint density at radius 3 is 2.80 bits per heavy atom. The Kier molecular flexibility index (Phi) is 4.52. The quantitative estimate of drug-likeness (QED) is 0.810. The highest BCUT2D eigenvalue weighted by molar-refractivity contribution is 6.32. The van der Waals surface area contributed by atoms with Crippen molar-refractivity contribution in [2.45, 2.75) is 20.1 Å². The number of hydrogen-bond acceptors (Lipinski definition) is 5. The molecule has 1 aromatic heterocycles. The molecule has 0 spiro atoms. The van der Waals surface area contributed by atoms with Crippen LogP contribution < -0.4 is 0 Å².